The van der Waals surface area contributed by atoms with Gasteiger partial charge in [0.2, 0.25) is 0 Å². The Morgan fingerprint density at radius 2 is 2.10 bits per heavy atom. The van der Waals surface area contributed by atoms with E-state index >= 15 is 0 Å². The summed E-state index contributed by atoms with van der Waals surface area (Å²) < 4.78 is 14.5. The van der Waals surface area contributed by atoms with Crippen molar-refractivity contribution in [3.63, 3.8) is 0 Å². The minimum Gasteiger partial charge on any atom is -0.481 e. The number of benzene rings is 1. The molecule has 0 bridgehead atoms. The second-order valence-corrected chi connectivity index (χ2v) is 7.14. The van der Waals surface area contributed by atoms with Crippen LogP contribution in [0.15, 0.2) is 16.6 Å². The third kappa shape index (κ3) is 3.96. The lowest BCUT2D eigenvalue weighted by Gasteiger charge is -2.30. The first-order chi connectivity index (χ1) is 9.83. The molecule has 0 heterocycles. The van der Waals surface area contributed by atoms with Gasteiger partial charge < -0.3 is 10.8 Å². The molecule has 1 aliphatic rings. The minimum absolute atomic E-state index is 0.0899. The van der Waals surface area contributed by atoms with Gasteiger partial charge in [-0.2, -0.15) is 0 Å². The van der Waals surface area contributed by atoms with Crippen LogP contribution in [0.4, 0.5) is 4.39 Å². The third-order valence-corrected chi connectivity index (χ3v) is 5.48. The van der Waals surface area contributed by atoms with Crippen LogP contribution in [0.1, 0.15) is 50.1 Å². The molecule has 0 aliphatic heterocycles. The van der Waals surface area contributed by atoms with Crippen LogP contribution < -0.4 is 5.73 Å². The van der Waals surface area contributed by atoms with E-state index in [0.29, 0.717) is 21.5 Å². The highest BCUT2D eigenvalue weighted by molar-refractivity contribution is 9.10. The number of aliphatic carboxylic acids is 1. The second-order valence-electron chi connectivity index (χ2n) is 5.88. The zero-order valence-corrected chi connectivity index (χ0v) is 13.9. The van der Waals surface area contributed by atoms with Crippen LogP contribution >= 0.6 is 27.5 Å². The van der Waals surface area contributed by atoms with E-state index in [4.69, 9.17) is 22.4 Å². The molecular weight excluding hydrogens is 361 g/mol. The number of halogens is 3. The summed E-state index contributed by atoms with van der Waals surface area (Å²) in [5.41, 5.74) is 6.17. The van der Waals surface area contributed by atoms with Crippen molar-refractivity contribution in [3.8, 4) is 0 Å². The van der Waals surface area contributed by atoms with Gasteiger partial charge in [-0.3, -0.25) is 4.79 Å². The van der Waals surface area contributed by atoms with Crippen LogP contribution in [0.5, 0.6) is 0 Å². The Labute approximate surface area is 136 Å². The smallest absolute Gasteiger partial charge is 0.303 e. The Balaban J connectivity index is 2.21. The van der Waals surface area contributed by atoms with Crippen molar-refractivity contribution in [3.05, 3.63) is 33.0 Å². The lowest BCUT2D eigenvalue weighted by Crippen LogP contribution is -2.27. The van der Waals surface area contributed by atoms with Crippen molar-refractivity contribution in [2.24, 2.45) is 11.1 Å². The Bertz CT molecular complexity index is 547. The van der Waals surface area contributed by atoms with Gasteiger partial charge in [-0.15, -0.1) is 0 Å². The van der Waals surface area contributed by atoms with Crippen molar-refractivity contribution in [2.75, 3.05) is 0 Å². The maximum Gasteiger partial charge on any atom is 0.303 e. The molecule has 3 N–H and O–H groups in total. The number of carboxylic acids is 1. The molecule has 3 nitrogen and oxygen atoms in total. The van der Waals surface area contributed by atoms with E-state index in [9.17, 15) is 9.18 Å². The molecular formula is C15H18BrClFNO2. The molecule has 6 heteroatoms. The predicted octanol–water partition coefficient (Wildman–Crippen LogP) is 4.67. The van der Waals surface area contributed by atoms with Crippen molar-refractivity contribution in [1.82, 2.24) is 0 Å². The average molecular weight is 379 g/mol. The second kappa shape index (κ2) is 6.63. The van der Waals surface area contributed by atoms with Crippen LogP contribution in [0, 0.1) is 11.2 Å². The van der Waals surface area contributed by atoms with Gasteiger partial charge in [0, 0.05) is 16.1 Å². The summed E-state index contributed by atoms with van der Waals surface area (Å²) in [5, 5.41) is 9.52. The molecule has 0 radical (unpaired) electrons. The highest BCUT2D eigenvalue weighted by Gasteiger charge is 2.38. The monoisotopic (exact) mass is 377 g/mol. The molecule has 116 valence electrons. The summed E-state index contributed by atoms with van der Waals surface area (Å²) in [4.78, 5) is 11.1. The standard InChI is InChI=1S/C15H18BrClFNO2/c16-10-6-12(18)9(5-11(10)17)13(19)7-15(8-14(20)21)3-1-2-4-15/h5-6,13H,1-4,7-8,19H2,(H,20,21). The number of hydrogen-bond donors (Lipinski definition) is 2. The summed E-state index contributed by atoms with van der Waals surface area (Å²) in [6.45, 7) is 0. The largest absolute Gasteiger partial charge is 0.481 e. The first-order valence-electron chi connectivity index (χ1n) is 6.95. The molecule has 1 aromatic carbocycles. The Morgan fingerprint density at radius 3 is 2.67 bits per heavy atom. The normalized spacial score (nSPS) is 18.7. The van der Waals surface area contributed by atoms with Crippen LogP contribution in [-0.4, -0.2) is 11.1 Å². The summed E-state index contributed by atoms with van der Waals surface area (Å²) in [6, 6.07) is 2.28. The molecule has 0 saturated heterocycles. The predicted molar refractivity (Wildman–Crippen MR) is 83.8 cm³/mol. The fourth-order valence-electron chi connectivity index (χ4n) is 3.30. The Kier molecular flexibility index (Phi) is 5.28. The Morgan fingerprint density at radius 1 is 1.48 bits per heavy atom. The van der Waals surface area contributed by atoms with E-state index in [-0.39, 0.29) is 11.8 Å². The van der Waals surface area contributed by atoms with Crippen molar-refractivity contribution in [1.29, 1.82) is 0 Å². The molecule has 1 aliphatic carbocycles. The zero-order chi connectivity index (χ0) is 15.6. The van der Waals surface area contributed by atoms with Gasteiger partial charge in [0.25, 0.3) is 0 Å². The van der Waals surface area contributed by atoms with Crippen LogP contribution in [-0.2, 0) is 4.79 Å². The molecule has 1 fully saturated rings. The fourth-order valence-corrected chi connectivity index (χ4v) is 3.78. The number of carbonyl (C=O) groups is 1. The first kappa shape index (κ1) is 16.7. The van der Waals surface area contributed by atoms with Gasteiger partial charge in [0.1, 0.15) is 5.82 Å². The molecule has 0 spiro atoms. The molecule has 0 amide bonds. The van der Waals surface area contributed by atoms with E-state index in [0.717, 1.165) is 25.7 Å². The number of rotatable bonds is 5. The molecule has 1 saturated carbocycles. The van der Waals surface area contributed by atoms with E-state index in [1.165, 1.54) is 12.1 Å². The number of carboxylic acid groups (broad SMARTS) is 1. The van der Waals surface area contributed by atoms with Crippen LogP contribution in [0.2, 0.25) is 5.02 Å². The topological polar surface area (TPSA) is 63.3 Å². The van der Waals surface area contributed by atoms with E-state index in [1.807, 2.05) is 0 Å². The SMILES string of the molecule is NC(CC1(CC(=O)O)CCCC1)c1cc(Cl)c(Br)cc1F. The van der Waals surface area contributed by atoms with Crippen LogP contribution in [0.3, 0.4) is 0 Å². The van der Waals surface area contributed by atoms with Crippen molar-refractivity contribution < 1.29 is 14.3 Å². The van der Waals surface area contributed by atoms with Gasteiger partial charge in [0.15, 0.2) is 0 Å². The van der Waals surface area contributed by atoms with Crippen molar-refractivity contribution in [2.45, 2.75) is 44.6 Å². The lowest BCUT2D eigenvalue weighted by molar-refractivity contribution is -0.139. The van der Waals surface area contributed by atoms with Crippen LogP contribution in [0.25, 0.3) is 0 Å². The zero-order valence-electron chi connectivity index (χ0n) is 11.5. The van der Waals surface area contributed by atoms with Gasteiger partial charge in [0.05, 0.1) is 11.4 Å². The molecule has 2 rings (SSSR count). The quantitative estimate of drug-likeness (QED) is 0.732. The first-order valence-corrected chi connectivity index (χ1v) is 8.12. The third-order valence-electron chi connectivity index (χ3n) is 4.28. The van der Waals surface area contributed by atoms with E-state index < -0.39 is 17.8 Å². The molecule has 21 heavy (non-hydrogen) atoms. The minimum atomic E-state index is -0.821. The van der Waals surface area contributed by atoms with Gasteiger partial charge in [-0.05, 0) is 52.7 Å². The molecule has 1 unspecified atom stereocenters. The highest BCUT2D eigenvalue weighted by atomic mass is 79.9. The van der Waals surface area contributed by atoms with Gasteiger partial charge in [-0.1, -0.05) is 24.4 Å². The number of nitrogens with two attached hydrogens (primary N) is 1. The molecule has 0 aromatic heterocycles. The number of hydrogen-bond acceptors (Lipinski definition) is 2. The van der Waals surface area contributed by atoms with Crippen molar-refractivity contribution >= 4 is 33.5 Å². The molecule has 1 aromatic rings. The fraction of sp³-hybridized carbons (Fsp3) is 0.533. The summed E-state index contributed by atoms with van der Waals surface area (Å²) in [7, 11) is 0. The summed E-state index contributed by atoms with van der Waals surface area (Å²) >= 11 is 9.17. The lowest BCUT2D eigenvalue weighted by atomic mass is 9.76. The van der Waals surface area contributed by atoms with Gasteiger partial charge in [-0.25, -0.2) is 4.39 Å². The van der Waals surface area contributed by atoms with E-state index in [2.05, 4.69) is 15.9 Å². The average Bonchev–Trinajstić information content (AvgIpc) is 2.80. The molecule has 1 atom stereocenters. The van der Waals surface area contributed by atoms with E-state index in [1.54, 1.807) is 0 Å². The van der Waals surface area contributed by atoms with Gasteiger partial charge >= 0.3 is 5.97 Å². The highest BCUT2D eigenvalue weighted by Crippen LogP contribution is 2.47. The summed E-state index contributed by atoms with van der Waals surface area (Å²) in [6.07, 6.45) is 4.23. The maximum atomic E-state index is 14.1. The Hall–Kier alpha value is -0.650. The summed E-state index contributed by atoms with van der Waals surface area (Å²) in [5.74, 6) is -1.24. The maximum absolute atomic E-state index is 14.1.